The van der Waals surface area contributed by atoms with Gasteiger partial charge in [-0.3, -0.25) is 9.59 Å². The average Bonchev–Trinajstić information content (AvgIpc) is 3.37. The first-order valence-corrected chi connectivity index (χ1v) is 14.0. The summed E-state index contributed by atoms with van der Waals surface area (Å²) in [4.78, 5) is 25.1. The maximum Gasteiger partial charge on any atom is 0.303 e. The minimum absolute atomic E-state index is 0.0534. The average molecular weight is 593 g/mol. The highest BCUT2D eigenvalue weighted by molar-refractivity contribution is 5.68. The van der Waals surface area contributed by atoms with Gasteiger partial charge in [0.05, 0.1) is 46.2 Å². The van der Waals surface area contributed by atoms with E-state index in [1.165, 1.54) is 21.0 Å². The second-order valence-electron chi connectivity index (χ2n) is 10.3. The first-order chi connectivity index (χ1) is 20.8. The van der Waals surface area contributed by atoms with E-state index >= 15 is 0 Å². The van der Waals surface area contributed by atoms with E-state index in [0.29, 0.717) is 29.2 Å². The molecule has 10 nitrogen and oxygen atoms in total. The summed E-state index contributed by atoms with van der Waals surface area (Å²) in [5.74, 6) is -1.95. The molecule has 2 heterocycles. The van der Waals surface area contributed by atoms with Crippen LogP contribution in [0.25, 0.3) is 0 Å². The van der Waals surface area contributed by atoms with Gasteiger partial charge in [-0.1, -0.05) is 60.7 Å². The maximum absolute atomic E-state index is 12.6. The van der Waals surface area contributed by atoms with Crippen molar-refractivity contribution in [3.05, 3.63) is 95.1 Å². The second kappa shape index (κ2) is 13.6. The van der Waals surface area contributed by atoms with E-state index in [9.17, 15) is 9.59 Å². The predicted octanol–water partition coefficient (Wildman–Crippen LogP) is 4.45. The Bertz CT molecular complexity index is 1400. The fourth-order valence-corrected chi connectivity index (χ4v) is 5.58. The summed E-state index contributed by atoms with van der Waals surface area (Å²) < 4.78 is 48.7. The molecule has 1 fully saturated rings. The Morgan fingerprint density at radius 3 is 2.09 bits per heavy atom. The molecule has 0 saturated carbocycles. The number of carbonyl (C=O) groups is 2. The van der Waals surface area contributed by atoms with Gasteiger partial charge in [0.1, 0.15) is 23.7 Å². The third kappa shape index (κ3) is 6.67. The summed E-state index contributed by atoms with van der Waals surface area (Å²) in [7, 11) is 3.07. The minimum Gasteiger partial charge on any atom is -0.497 e. The van der Waals surface area contributed by atoms with Gasteiger partial charge in [0.15, 0.2) is 12.2 Å². The lowest BCUT2D eigenvalue weighted by Gasteiger charge is -2.50. The molecule has 0 aromatic heterocycles. The van der Waals surface area contributed by atoms with E-state index in [0.717, 1.165) is 11.1 Å². The van der Waals surface area contributed by atoms with E-state index in [1.54, 1.807) is 19.2 Å². The predicted molar refractivity (Wildman–Crippen MR) is 153 cm³/mol. The van der Waals surface area contributed by atoms with Crippen LogP contribution < -0.4 is 9.47 Å². The number of esters is 2. The van der Waals surface area contributed by atoms with Gasteiger partial charge in [0, 0.05) is 19.9 Å². The molecule has 10 heteroatoms. The van der Waals surface area contributed by atoms with Gasteiger partial charge in [-0.05, 0) is 22.8 Å². The van der Waals surface area contributed by atoms with Crippen molar-refractivity contribution < 1.29 is 47.5 Å². The van der Waals surface area contributed by atoms with Crippen LogP contribution in [0.1, 0.15) is 36.1 Å². The SMILES string of the molecule is COc1cc2c(c(OC)c1)[C@]1(OC2)O[C@H](COCc2ccccc2)[C@@H](OCc2ccccc2)[C@@H](OC(C)=O)[C@H]1OC(C)=O. The van der Waals surface area contributed by atoms with Crippen molar-refractivity contribution in [1.29, 1.82) is 0 Å². The highest BCUT2D eigenvalue weighted by Gasteiger charge is 2.64. The molecular formula is C33H36O10. The molecule has 3 aromatic carbocycles. The summed E-state index contributed by atoms with van der Waals surface area (Å²) in [6.45, 7) is 3.20. The Balaban J connectivity index is 1.57. The molecule has 2 aliphatic rings. The van der Waals surface area contributed by atoms with Crippen molar-refractivity contribution in [3.8, 4) is 11.5 Å². The van der Waals surface area contributed by atoms with Crippen LogP contribution in [0, 0.1) is 0 Å². The van der Waals surface area contributed by atoms with Crippen LogP contribution in [0.15, 0.2) is 72.8 Å². The quantitative estimate of drug-likeness (QED) is 0.296. The van der Waals surface area contributed by atoms with Gasteiger partial charge in [-0.25, -0.2) is 0 Å². The van der Waals surface area contributed by atoms with Crippen LogP contribution in [-0.4, -0.2) is 57.2 Å². The summed E-state index contributed by atoms with van der Waals surface area (Å²) in [6, 6.07) is 22.8. The molecule has 5 atom stereocenters. The van der Waals surface area contributed by atoms with Gasteiger partial charge >= 0.3 is 11.9 Å². The van der Waals surface area contributed by atoms with E-state index in [1.807, 2.05) is 60.7 Å². The molecule has 0 N–H and O–H groups in total. The highest BCUT2D eigenvalue weighted by Crippen LogP contribution is 2.52. The zero-order valence-electron chi connectivity index (χ0n) is 24.6. The van der Waals surface area contributed by atoms with Crippen molar-refractivity contribution in [1.82, 2.24) is 0 Å². The Morgan fingerprint density at radius 1 is 0.837 bits per heavy atom. The number of ether oxygens (including phenoxy) is 8. The standard InChI is InChI=1S/C33H36O10/c1-21(34)41-31-30(39-18-24-13-9-6-10-14-24)28(20-38-17-23-11-7-5-8-12-23)43-33(32(31)42-22(2)35)29-25(19-40-33)15-26(36-3)16-27(29)37-4/h5-16,28,30-32H,17-20H2,1-4H3/t28-,30-,31-,32-,33+/m1/s1. The second-order valence-corrected chi connectivity index (χ2v) is 10.3. The van der Waals surface area contributed by atoms with Crippen molar-refractivity contribution in [2.45, 2.75) is 63.9 Å². The van der Waals surface area contributed by atoms with Crippen LogP contribution in [-0.2, 0) is 63.6 Å². The molecular weight excluding hydrogens is 556 g/mol. The van der Waals surface area contributed by atoms with E-state index in [2.05, 4.69) is 0 Å². The number of hydrogen-bond donors (Lipinski definition) is 0. The summed E-state index contributed by atoms with van der Waals surface area (Å²) in [5, 5.41) is 0. The van der Waals surface area contributed by atoms with Gasteiger partial charge in [0.2, 0.25) is 5.79 Å². The molecule has 43 heavy (non-hydrogen) atoms. The van der Waals surface area contributed by atoms with Gasteiger partial charge in [0.25, 0.3) is 0 Å². The molecule has 228 valence electrons. The Kier molecular flexibility index (Phi) is 9.62. The van der Waals surface area contributed by atoms with Crippen LogP contribution in [0.4, 0.5) is 0 Å². The topological polar surface area (TPSA) is 108 Å². The molecule has 0 aliphatic carbocycles. The Labute approximate surface area is 250 Å². The first kappa shape index (κ1) is 30.5. The number of rotatable bonds is 11. The summed E-state index contributed by atoms with van der Waals surface area (Å²) in [5.41, 5.74) is 3.09. The molecule has 1 spiro atoms. The van der Waals surface area contributed by atoms with Crippen molar-refractivity contribution >= 4 is 11.9 Å². The van der Waals surface area contributed by atoms with E-state index in [4.69, 9.17) is 37.9 Å². The van der Waals surface area contributed by atoms with Crippen LogP contribution in [0.5, 0.6) is 11.5 Å². The maximum atomic E-state index is 12.6. The van der Waals surface area contributed by atoms with Crippen molar-refractivity contribution in [3.63, 3.8) is 0 Å². The monoisotopic (exact) mass is 592 g/mol. The Hall–Kier alpha value is -3.96. The van der Waals surface area contributed by atoms with Crippen molar-refractivity contribution in [2.75, 3.05) is 20.8 Å². The van der Waals surface area contributed by atoms with Crippen LogP contribution in [0.2, 0.25) is 0 Å². The van der Waals surface area contributed by atoms with E-state index in [-0.39, 0.29) is 19.8 Å². The van der Waals surface area contributed by atoms with Gasteiger partial charge < -0.3 is 37.9 Å². The fraction of sp³-hybridized carbons (Fsp3) is 0.394. The van der Waals surface area contributed by atoms with Crippen LogP contribution in [0.3, 0.4) is 0 Å². The molecule has 0 unspecified atom stereocenters. The van der Waals surface area contributed by atoms with E-state index < -0.39 is 42.1 Å². The molecule has 3 aromatic rings. The smallest absolute Gasteiger partial charge is 0.303 e. The van der Waals surface area contributed by atoms with Gasteiger partial charge in [-0.15, -0.1) is 0 Å². The zero-order valence-corrected chi connectivity index (χ0v) is 24.6. The number of methoxy groups -OCH3 is 2. The largest absolute Gasteiger partial charge is 0.497 e. The summed E-state index contributed by atoms with van der Waals surface area (Å²) >= 11 is 0. The molecule has 0 bridgehead atoms. The van der Waals surface area contributed by atoms with Gasteiger partial charge in [-0.2, -0.15) is 0 Å². The number of carbonyl (C=O) groups excluding carboxylic acids is 2. The minimum atomic E-state index is -1.70. The fourth-order valence-electron chi connectivity index (χ4n) is 5.58. The Morgan fingerprint density at radius 2 is 1.49 bits per heavy atom. The van der Waals surface area contributed by atoms with Crippen molar-refractivity contribution in [2.24, 2.45) is 0 Å². The number of benzene rings is 3. The zero-order chi connectivity index (χ0) is 30.4. The molecule has 5 rings (SSSR count). The molecule has 1 saturated heterocycles. The lowest BCUT2D eigenvalue weighted by molar-refractivity contribution is -0.375. The number of fused-ring (bicyclic) bond motifs is 2. The molecule has 0 amide bonds. The lowest BCUT2D eigenvalue weighted by atomic mass is 9.86. The third-order valence-corrected chi connectivity index (χ3v) is 7.37. The normalized spacial score (nSPS) is 24.3. The number of hydrogen-bond acceptors (Lipinski definition) is 10. The molecule has 2 aliphatic heterocycles. The van der Waals surface area contributed by atoms with Crippen LogP contribution >= 0.6 is 0 Å². The third-order valence-electron chi connectivity index (χ3n) is 7.37. The molecule has 0 radical (unpaired) electrons. The highest BCUT2D eigenvalue weighted by atomic mass is 16.8. The first-order valence-electron chi connectivity index (χ1n) is 14.0. The summed E-state index contributed by atoms with van der Waals surface area (Å²) in [6.07, 6.45) is -4.08. The lowest BCUT2D eigenvalue weighted by Crippen LogP contribution is -2.66.